The maximum absolute atomic E-state index is 11.3. The average molecular weight is 214 g/mol. The lowest BCUT2D eigenvalue weighted by Gasteiger charge is -2.14. The molecular formula is C9H14N2O4. The van der Waals surface area contributed by atoms with E-state index < -0.39 is 11.9 Å². The van der Waals surface area contributed by atoms with E-state index in [-0.39, 0.29) is 11.9 Å². The van der Waals surface area contributed by atoms with Crippen molar-refractivity contribution in [1.29, 1.82) is 0 Å². The number of methoxy groups -OCH3 is 1. The Hall–Kier alpha value is -1.59. The van der Waals surface area contributed by atoms with E-state index in [0.717, 1.165) is 0 Å². The fraction of sp³-hybridized carbons (Fsp3) is 0.667. The highest BCUT2D eigenvalue weighted by Crippen LogP contribution is 2.09. The number of nitrogens with one attached hydrogen (secondary N) is 1. The Morgan fingerprint density at radius 1 is 1.40 bits per heavy atom. The SMILES string of the molecule is COC(=O)C(=O)N1CCC(NC(C)=O)C1. The van der Waals surface area contributed by atoms with E-state index in [4.69, 9.17) is 0 Å². The van der Waals surface area contributed by atoms with Gasteiger partial charge in [-0.1, -0.05) is 0 Å². The molecule has 1 aliphatic rings. The summed E-state index contributed by atoms with van der Waals surface area (Å²) >= 11 is 0. The van der Waals surface area contributed by atoms with E-state index in [1.54, 1.807) is 0 Å². The Bertz CT molecular complexity index is 290. The number of hydrogen-bond acceptors (Lipinski definition) is 4. The van der Waals surface area contributed by atoms with Crippen LogP contribution in [0.2, 0.25) is 0 Å². The van der Waals surface area contributed by atoms with Gasteiger partial charge in [0, 0.05) is 26.1 Å². The molecule has 0 aromatic carbocycles. The molecular weight excluding hydrogens is 200 g/mol. The van der Waals surface area contributed by atoms with E-state index in [1.165, 1.54) is 18.9 Å². The minimum Gasteiger partial charge on any atom is -0.462 e. The number of amides is 2. The van der Waals surface area contributed by atoms with Gasteiger partial charge in [0.05, 0.1) is 7.11 Å². The van der Waals surface area contributed by atoms with Gasteiger partial charge in [-0.2, -0.15) is 0 Å². The molecule has 0 aromatic heterocycles. The van der Waals surface area contributed by atoms with Crippen LogP contribution in [0.15, 0.2) is 0 Å². The molecule has 84 valence electrons. The van der Waals surface area contributed by atoms with E-state index in [9.17, 15) is 14.4 Å². The van der Waals surface area contributed by atoms with Crippen LogP contribution in [0.25, 0.3) is 0 Å². The van der Waals surface area contributed by atoms with Crippen molar-refractivity contribution in [1.82, 2.24) is 10.2 Å². The Labute approximate surface area is 87.6 Å². The van der Waals surface area contributed by atoms with Crippen molar-refractivity contribution in [2.45, 2.75) is 19.4 Å². The Morgan fingerprint density at radius 2 is 2.07 bits per heavy atom. The van der Waals surface area contributed by atoms with Crippen LogP contribution in [0.1, 0.15) is 13.3 Å². The van der Waals surface area contributed by atoms with Gasteiger partial charge in [0.15, 0.2) is 0 Å². The molecule has 6 heteroatoms. The lowest BCUT2D eigenvalue weighted by atomic mass is 10.3. The molecule has 1 unspecified atom stereocenters. The van der Waals surface area contributed by atoms with Crippen LogP contribution in [0, 0.1) is 0 Å². The first kappa shape index (κ1) is 11.5. The molecule has 6 nitrogen and oxygen atoms in total. The van der Waals surface area contributed by atoms with Gasteiger partial charge in [-0.25, -0.2) is 4.79 Å². The largest absolute Gasteiger partial charge is 0.462 e. The number of carbonyl (C=O) groups is 3. The number of esters is 1. The third-order valence-electron chi connectivity index (χ3n) is 2.24. The van der Waals surface area contributed by atoms with Crippen LogP contribution in [0.3, 0.4) is 0 Å². The van der Waals surface area contributed by atoms with Crippen molar-refractivity contribution in [3.05, 3.63) is 0 Å². The van der Waals surface area contributed by atoms with Gasteiger partial charge in [0.1, 0.15) is 0 Å². The summed E-state index contributed by atoms with van der Waals surface area (Å²) < 4.78 is 4.32. The van der Waals surface area contributed by atoms with E-state index in [1.807, 2.05) is 0 Å². The molecule has 0 saturated carbocycles. The second kappa shape index (κ2) is 4.77. The maximum Gasteiger partial charge on any atom is 0.396 e. The van der Waals surface area contributed by atoms with Gasteiger partial charge < -0.3 is 15.0 Å². The molecule has 0 aromatic rings. The van der Waals surface area contributed by atoms with Crippen LogP contribution in [0.4, 0.5) is 0 Å². The van der Waals surface area contributed by atoms with Crippen molar-refractivity contribution in [2.24, 2.45) is 0 Å². The number of likely N-dealkylation sites (tertiary alicyclic amines) is 1. The van der Waals surface area contributed by atoms with Gasteiger partial charge in [0.2, 0.25) is 5.91 Å². The quantitative estimate of drug-likeness (QED) is 0.444. The van der Waals surface area contributed by atoms with Crippen LogP contribution in [-0.2, 0) is 19.1 Å². The van der Waals surface area contributed by atoms with Crippen molar-refractivity contribution in [3.8, 4) is 0 Å². The standard InChI is InChI=1S/C9H14N2O4/c1-6(12)10-7-3-4-11(5-7)8(13)9(14)15-2/h7H,3-5H2,1-2H3,(H,10,12). The van der Waals surface area contributed by atoms with Crippen LogP contribution >= 0.6 is 0 Å². The zero-order chi connectivity index (χ0) is 11.4. The molecule has 1 N–H and O–H groups in total. The van der Waals surface area contributed by atoms with Crippen LogP contribution in [0.5, 0.6) is 0 Å². The average Bonchev–Trinajstić information content (AvgIpc) is 2.63. The van der Waals surface area contributed by atoms with Gasteiger partial charge in [-0.05, 0) is 6.42 Å². The summed E-state index contributed by atoms with van der Waals surface area (Å²) in [7, 11) is 1.17. The Kier molecular flexibility index (Phi) is 3.65. The lowest BCUT2D eigenvalue weighted by Crippen LogP contribution is -2.40. The van der Waals surface area contributed by atoms with Crippen LogP contribution < -0.4 is 5.32 Å². The number of rotatable bonds is 1. The Morgan fingerprint density at radius 3 is 2.60 bits per heavy atom. The van der Waals surface area contributed by atoms with Crippen molar-refractivity contribution in [3.63, 3.8) is 0 Å². The molecule has 0 spiro atoms. The number of nitrogens with zero attached hydrogens (tertiary/aromatic N) is 1. The summed E-state index contributed by atoms with van der Waals surface area (Å²) in [5.74, 6) is -1.64. The monoisotopic (exact) mass is 214 g/mol. The van der Waals surface area contributed by atoms with E-state index >= 15 is 0 Å². The molecule has 0 bridgehead atoms. The highest BCUT2D eigenvalue weighted by molar-refractivity contribution is 6.32. The molecule has 1 fully saturated rings. The summed E-state index contributed by atoms with van der Waals surface area (Å²) in [6.45, 7) is 2.26. The number of carbonyl (C=O) groups excluding carboxylic acids is 3. The van der Waals surface area contributed by atoms with Gasteiger partial charge in [0.25, 0.3) is 0 Å². The molecule has 1 heterocycles. The molecule has 1 atom stereocenters. The summed E-state index contributed by atoms with van der Waals surface area (Å²) in [4.78, 5) is 34.4. The van der Waals surface area contributed by atoms with E-state index in [2.05, 4.69) is 10.1 Å². The molecule has 1 saturated heterocycles. The van der Waals surface area contributed by atoms with Gasteiger partial charge in [-0.3, -0.25) is 9.59 Å². The molecule has 1 rings (SSSR count). The first-order valence-electron chi connectivity index (χ1n) is 4.69. The summed E-state index contributed by atoms with van der Waals surface area (Å²) in [5, 5.41) is 2.70. The molecule has 0 radical (unpaired) electrons. The van der Waals surface area contributed by atoms with Gasteiger partial charge >= 0.3 is 11.9 Å². The van der Waals surface area contributed by atoms with Crippen molar-refractivity contribution in [2.75, 3.05) is 20.2 Å². The minimum atomic E-state index is -0.863. The highest BCUT2D eigenvalue weighted by atomic mass is 16.5. The maximum atomic E-state index is 11.3. The number of hydrogen-bond donors (Lipinski definition) is 1. The molecule has 1 aliphatic heterocycles. The first-order chi connectivity index (χ1) is 7.04. The summed E-state index contributed by atoms with van der Waals surface area (Å²) in [6, 6.07) is -0.0592. The first-order valence-corrected chi connectivity index (χ1v) is 4.69. The van der Waals surface area contributed by atoms with Gasteiger partial charge in [-0.15, -0.1) is 0 Å². The minimum absolute atomic E-state index is 0.0592. The lowest BCUT2D eigenvalue weighted by molar-refractivity contribution is -0.157. The van der Waals surface area contributed by atoms with Crippen LogP contribution in [-0.4, -0.2) is 48.9 Å². The molecule has 0 aliphatic carbocycles. The second-order valence-corrected chi connectivity index (χ2v) is 3.43. The summed E-state index contributed by atoms with van der Waals surface area (Å²) in [6.07, 6.45) is 0.669. The zero-order valence-corrected chi connectivity index (χ0v) is 8.78. The predicted molar refractivity (Wildman–Crippen MR) is 50.8 cm³/mol. The molecule has 2 amide bonds. The fourth-order valence-corrected chi connectivity index (χ4v) is 1.57. The normalized spacial score (nSPS) is 19.9. The topological polar surface area (TPSA) is 75.7 Å². The molecule has 15 heavy (non-hydrogen) atoms. The van der Waals surface area contributed by atoms with Crippen molar-refractivity contribution >= 4 is 17.8 Å². The highest BCUT2D eigenvalue weighted by Gasteiger charge is 2.30. The predicted octanol–water partition coefficient (Wildman–Crippen LogP) is -1.10. The third-order valence-corrected chi connectivity index (χ3v) is 2.24. The third kappa shape index (κ3) is 2.93. The Balaban J connectivity index is 2.45. The fourth-order valence-electron chi connectivity index (χ4n) is 1.57. The second-order valence-electron chi connectivity index (χ2n) is 3.43. The smallest absolute Gasteiger partial charge is 0.396 e. The summed E-state index contributed by atoms with van der Waals surface area (Å²) in [5.41, 5.74) is 0. The van der Waals surface area contributed by atoms with E-state index in [0.29, 0.717) is 19.5 Å². The van der Waals surface area contributed by atoms with Crippen molar-refractivity contribution < 1.29 is 19.1 Å². The number of ether oxygens (including phenoxy) is 1. The zero-order valence-electron chi connectivity index (χ0n) is 8.78.